The van der Waals surface area contributed by atoms with Crippen LogP contribution in [0.5, 0.6) is 0 Å². The zero-order valence-corrected chi connectivity index (χ0v) is 10.2. The average molecular weight is 229 g/mol. The van der Waals surface area contributed by atoms with Gasteiger partial charge < -0.3 is 5.11 Å². The Morgan fingerprint density at radius 1 is 1.24 bits per heavy atom. The molecule has 1 N–H and O–H groups in total. The summed E-state index contributed by atoms with van der Waals surface area (Å²) in [6.07, 6.45) is 0. The monoisotopic (exact) mass is 229 g/mol. The molecule has 0 saturated carbocycles. The predicted octanol–water partition coefficient (Wildman–Crippen LogP) is 2.91. The van der Waals surface area contributed by atoms with E-state index in [9.17, 15) is 9.90 Å². The smallest absolute Gasteiger partial charge is 0.315 e. The van der Waals surface area contributed by atoms with Crippen molar-refractivity contribution in [1.29, 1.82) is 0 Å². The predicted molar refractivity (Wildman–Crippen MR) is 67.1 cm³/mol. The molecule has 88 valence electrons. The summed E-state index contributed by atoms with van der Waals surface area (Å²) in [7, 11) is 0. The Kier molecular flexibility index (Phi) is 2.62. The normalized spacial score (nSPS) is 11.7. The van der Waals surface area contributed by atoms with E-state index in [0.29, 0.717) is 5.69 Å². The minimum atomic E-state index is -0.960. The molecule has 0 bridgehead atoms. The lowest BCUT2D eigenvalue weighted by Gasteiger charge is -2.18. The number of fused-ring (bicyclic) bond motifs is 1. The third-order valence-electron chi connectivity index (χ3n) is 3.02. The van der Waals surface area contributed by atoms with E-state index in [1.54, 1.807) is 19.9 Å². The van der Waals surface area contributed by atoms with Gasteiger partial charge in [-0.2, -0.15) is 0 Å². The number of pyridine rings is 1. The summed E-state index contributed by atoms with van der Waals surface area (Å²) in [6.45, 7) is 5.33. The average Bonchev–Trinajstić information content (AvgIpc) is 2.27. The second kappa shape index (κ2) is 3.84. The molecule has 2 aromatic rings. The maximum atomic E-state index is 11.2. The molecule has 0 aliphatic rings. The fraction of sp³-hybridized carbons (Fsp3) is 0.286. The number of aryl methyl sites for hydroxylation is 1. The number of hydrogen-bond acceptors (Lipinski definition) is 2. The van der Waals surface area contributed by atoms with Gasteiger partial charge in [-0.3, -0.25) is 9.78 Å². The number of carboxylic acids is 1. The highest BCUT2D eigenvalue weighted by Gasteiger charge is 2.30. The first-order chi connectivity index (χ1) is 7.91. The lowest BCUT2D eigenvalue weighted by Crippen LogP contribution is -2.29. The first-order valence-corrected chi connectivity index (χ1v) is 5.52. The van der Waals surface area contributed by atoms with Gasteiger partial charge in [0.1, 0.15) is 5.41 Å². The summed E-state index contributed by atoms with van der Waals surface area (Å²) < 4.78 is 0. The van der Waals surface area contributed by atoms with Crippen molar-refractivity contribution in [3.05, 3.63) is 41.6 Å². The zero-order valence-electron chi connectivity index (χ0n) is 10.2. The number of benzene rings is 1. The fourth-order valence-corrected chi connectivity index (χ4v) is 1.68. The number of hydrogen-bond donors (Lipinski definition) is 1. The van der Waals surface area contributed by atoms with Gasteiger partial charge in [0.25, 0.3) is 0 Å². The van der Waals surface area contributed by atoms with Gasteiger partial charge in [0.2, 0.25) is 0 Å². The molecule has 0 aliphatic carbocycles. The van der Waals surface area contributed by atoms with E-state index in [2.05, 4.69) is 4.98 Å². The van der Waals surface area contributed by atoms with Crippen LogP contribution in [0.4, 0.5) is 0 Å². The number of aliphatic carboxylic acids is 1. The molecule has 1 heterocycles. The minimum absolute atomic E-state index is 0.586. The van der Waals surface area contributed by atoms with Crippen LogP contribution in [0.2, 0.25) is 0 Å². The van der Waals surface area contributed by atoms with Crippen LogP contribution in [0.1, 0.15) is 25.1 Å². The van der Waals surface area contributed by atoms with E-state index < -0.39 is 11.4 Å². The van der Waals surface area contributed by atoms with Crippen LogP contribution in [0.15, 0.2) is 30.3 Å². The molecule has 2 rings (SSSR count). The van der Waals surface area contributed by atoms with Crippen molar-refractivity contribution in [1.82, 2.24) is 4.98 Å². The third kappa shape index (κ3) is 2.00. The van der Waals surface area contributed by atoms with E-state index in [1.165, 1.54) is 0 Å². The Hall–Kier alpha value is -1.90. The highest BCUT2D eigenvalue weighted by Crippen LogP contribution is 2.24. The summed E-state index contributed by atoms with van der Waals surface area (Å²) in [5.41, 5.74) is 1.59. The molecule has 17 heavy (non-hydrogen) atoms. The van der Waals surface area contributed by atoms with Gasteiger partial charge in [0, 0.05) is 5.39 Å². The Bertz CT molecular complexity index is 588. The number of carboxylic acid groups (broad SMARTS) is 1. The highest BCUT2D eigenvalue weighted by molar-refractivity contribution is 5.83. The molecule has 0 fully saturated rings. The molecule has 3 heteroatoms. The number of carbonyl (C=O) groups is 1. The molecule has 0 saturated heterocycles. The number of nitrogens with zero attached hydrogens (tertiary/aromatic N) is 1. The van der Waals surface area contributed by atoms with Crippen LogP contribution in [-0.4, -0.2) is 16.1 Å². The van der Waals surface area contributed by atoms with Crippen LogP contribution >= 0.6 is 0 Å². The van der Waals surface area contributed by atoms with E-state index in [4.69, 9.17) is 0 Å². The van der Waals surface area contributed by atoms with E-state index >= 15 is 0 Å². The van der Waals surface area contributed by atoms with Gasteiger partial charge in [-0.25, -0.2) is 0 Å². The molecule has 0 spiro atoms. The largest absolute Gasteiger partial charge is 0.481 e. The van der Waals surface area contributed by atoms with Crippen LogP contribution in [0, 0.1) is 6.92 Å². The van der Waals surface area contributed by atoms with Crippen molar-refractivity contribution >= 4 is 16.9 Å². The molecular formula is C14H15NO2. The maximum Gasteiger partial charge on any atom is 0.315 e. The Balaban J connectivity index is 2.62. The van der Waals surface area contributed by atoms with Crippen molar-refractivity contribution in [2.75, 3.05) is 0 Å². The highest BCUT2D eigenvalue weighted by atomic mass is 16.4. The topological polar surface area (TPSA) is 50.2 Å². The second-order valence-corrected chi connectivity index (χ2v) is 4.82. The van der Waals surface area contributed by atoms with Crippen LogP contribution in [0.25, 0.3) is 10.9 Å². The third-order valence-corrected chi connectivity index (χ3v) is 3.02. The minimum Gasteiger partial charge on any atom is -0.481 e. The first-order valence-electron chi connectivity index (χ1n) is 5.52. The maximum absolute atomic E-state index is 11.2. The van der Waals surface area contributed by atoms with E-state index in [-0.39, 0.29) is 0 Å². The molecular weight excluding hydrogens is 214 g/mol. The summed E-state index contributed by atoms with van der Waals surface area (Å²) in [5.74, 6) is -0.864. The molecule has 0 aliphatic heterocycles. The lowest BCUT2D eigenvalue weighted by atomic mass is 9.88. The zero-order chi connectivity index (χ0) is 12.6. The van der Waals surface area contributed by atoms with Crippen molar-refractivity contribution < 1.29 is 9.90 Å². The lowest BCUT2D eigenvalue weighted by molar-refractivity contribution is -0.142. The van der Waals surface area contributed by atoms with Gasteiger partial charge in [0.05, 0.1) is 11.2 Å². The summed E-state index contributed by atoms with van der Waals surface area (Å²) in [4.78, 5) is 15.6. The molecule has 0 atom stereocenters. The first kappa shape index (κ1) is 11.6. The standard InChI is InChI=1S/C14H15NO2/c1-9-4-5-10-6-7-12(15-11(10)8-9)14(2,3)13(16)17/h4-8H,1-3H3,(H,16,17). The van der Waals surface area contributed by atoms with Gasteiger partial charge in [-0.05, 0) is 38.5 Å². The van der Waals surface area contributed by atoms with E-state index in [0.717, 1.165) is 16.5 Å². The van der Waals surface area contributed by atoms with Crippen LogP contribution in [0.3, 0.4) is 0 Å². The quantitative estimate of drug-likeness (QED) is 0.861. The van der Waals surface area contributed by atoms with E-state index in [1.807, 2.05) is 31.2 Å². The number of rotatable bonds is 2. The van der Waals surface area contributed by atoms with Gasteiger partial charge in [0.15, 0.2) is 0 Å². The Morgan fingerprint density at radius 2 is 1.88 bits per heavy atom. The van der Waals surface area contributed by atoms with Crippen molar-refractivity contribution in [3.63, 3.8) is 0 Å². The Morgan fingerprint density at radius 3 is 2.53 bits per heavy atom. The summed E-state index contributed by atoms with van der Waals surface area (Å²) in [5, 5.41) is 10.2. The summed E-state index contributed by atoms with van der Waals surface area (Å²) in [6, 6.07) is 9.69. The second-order valence-electron chi connectivity index (χ2n) is 4.82. The van der Waals surface area contributed by atoms with Crippen molar-refractivity contribution in [2.24, 2.45) is 0 Å². The molecule has 1 aromatic heterocycles. The fourth-order valence-electron chi connectivity index (χ4n) is 1.68. The van der Waals surface area contributed by atoms with Crippen LogP contribution < -0.4 is 0 Å². The van der Waals surface area contributed by atoms with Crippen molar-refractivity contribution in [2.45, 2.75) is 26.2 Å². The van der Waals surface area contributed by atoms with Crippen molar-refractivity contribution in [3.8, 4) is 0 Å². The molecule has 0 radical (unpaired) electrons. The van der Waals surface area contributed by atoms with Gasteiger partial charge in [-0.15, -0.1) is 0 Å². The molecule has 0 unspecified atom stereocenters. The van der Waals surface area contributed by atoms with Gasteiger partial charge in [-0.1, -0.05) is 18.2 Å². The summed E-state index contributed by atoms with van der Waals surface area (Å²) >= 11 is 0. The molecule has 3 nitrogen and oxygen atoms in total. The Labute approximate surface area is 100 Å². The van der Waals surface area contributed by atoms with Crippen LogP contribution in [-0.2, 0) is 10.2 Å². The SMILES string of the molecule is Cc1ccc2ccc(C(C)(C)C(=O)O)nc2c1. The van der Waals surface area contributed by atoms with Gasteiger partial charge >= 0.3 is 5.97 Å². The molecule has 0 amide bonds. The number of aromatic nitrogens is 1. The molecule has 1 aromatic carbocycles.